The molecule has 0 aliphatic carbocycles. The first-order valence-corrected chi connectivity index (χ1v) is 6.85. The van der Waals surface area contributed by atoms with E-state index in [0.29, 0.717) is 6.54 Å². The highest BCUT2D eigenvalue weighted by Gasteiger charge is 2.24. The quantitative estimate of drug-likeness (QED) is 0.852. The zero-order chi connectivity index (χ0) is 13.7. The number of nitrogens with zero attached hydrogens (tertiary/aromatic N) is 1. The molecule has 100 valence electrons. The molecule has 0 radical (unpaired) electrons. The second-order valence-electron chi connectivity index (χ2n) is 4.12. The van der Waals surface area contributed by atoms with Gasteiger partial charge in [-0.25, -0.2) is 9.78 Å². The minimum atomic E-state index is -0.460. The van der Waals surface area contributed by atoms with E-state index in [-0.39, 0.29) is 5.97 Å². The maximum Gasteiger partial charge on any atom is 0.328 e. The second kappa shape index (κ2) is 6.45. The number of rotatable bonds is 5. The van der Waals surface area contributed by atoms with Gasteiger partial charge in [-0.3, -0.25) is 5.32 Å². The highest BCUT2D eigenvalue weighted by Crippen LogP contribution is 2.23. The van der Waals surface area contributed by atoms with Crippen molar-refractivity contribution < 1.29 is 9.53 Å². The van der Waals surface area contributed by atoms with Gasteiger partial charge in [0.05, 0.1) is 23.2 Å². The van der Waals surface area contributed by atoms with Crippen LogP contribution in [0.25, 0.3) is 0 Å². The summed E-state index contributed by atoms with van der Waals surface area (Å²) >= 11 is 1.46. The number of hydrogen-bond acceptors (Lipinski definition) is 5. The SMILES string of the molecule is COC(=O)C(NCc1ccccc1)c1scnc1C. The number of esters is 1. The number of carbonyl (C=O) groups is 1. The lowest BCUT2D eigenvalue weighted by Crippen LogP contribution is -2.29. The third-order valence-electron chi connectivity index (χ3n) is 2.83. The van der Waals surface area contributed by atoms with Crippen molar-refractivity contribution in [2.24, 2.45) is 0 Å². The number of benzene rings is 1. The predicted molar refractivity (Wildman–Crippen MR) is 74.9 cm³/mol. The monoisotopic (exact) mass is 276 g/mol. The van der Waals surface area contributed by atoms with Crippen LogP contribution in [0.5, 0.6) is 0 Å². The van der Waals surface area contributed by atoms with Crippen LogP contribution in [0.2, 0.25) is 0 Å². The topological polar surface area (TPSA) is 51.2 Å². The molecule has 0 saturated heterocycles. The number of aromatic nitrogens is 1. The Hall–Kier alpha value is -1.72. The first-order valence-electron chi connectivity index (χ1n) is 5.97. The zero-order valence-electron chi connectivity index (χ0n) is 10.9. The molecule has 0 aliphatic heterocycles. The van der Waals surface area contributed by atoms with Gasteiger partial charge in [0.25, 0.3) is 0 Å². The lowest BCUT2D eigenvalue weighted by molar-refractivity contribution is -0.143. The van der Waals surface area contributed by atoms with E-state index in [1.165, 1.54) is 18.4 Å². The van der Waals surface area contributed by atoms with Crippen molar-refractivity contribution >= 4 is 17.3 Å². The predicted octanol–water partition coefficient (Wildman–Crippen LogP) is 2.46. The standard InChI is InChI=1S/C14H16N2O2S/c1-10-13(19-9-16-10)12(14(17)18-2)15-8-11-6-4-3-5-7-11/h3-7,9,12,15H,8H2,1-2H3. The molecule has 0 aliphatic rings. The molecule has 1 heterocycles. The van der Waals surface area contributed by atoms with E-state index in [4.69, 9.17) is 4.74 Å². The fourth-order valence-corrected chi connectivity index (χ4v) is 2.67. The van der Waals surface area contributed by atoms with Crippen molar-refractivity contribution in [3.05, 3.63) is 52.0 Å². The summed E-state index contributed by atoms with van der Waals surface area (Å²) in [7, 11) is 1.40. The van der Waals surface area contributed by atoms with E-state index in [9.17, 15) is 4.79 Å². The number of aryl methyl sites for hydroxylation is 1. The number of nitrogens with one attached hydrogen (secondary N) is 1. The van der Waals surface area contributed by atoms with Gasteiger partial charge in [-0.2, -0.15) is 0 Å². The average Bonchev–Trinajstić information content (AvgIpc) is 2.86. The molecule has 1 N–H and O–H groups in total. The Kier molecular flexibility index (Phi) is 4.65. The molecular formula is C14H16N2O2S. The smallest absolute Gasteiger partial charge is 0.328 e. The fourth-order valence-electron chi connectivity index (χ4n) is 1.80. The van der Waals surface area contributed by atoms with Gasteiger partial charge in [-0.15, -0.1) is 11.3 Å². The van der Waals surface area contributed by atoms with E-state index in [1.54, 1.807) is 5.51 Å². The Balaban J connectivity index is 2.11. The molecule has 1 atom stereocenters. The van der Waals surface area contributed by atoms with Gasteiger partial charge in [0, 0.05) is 6.54 Å². The lowest BCUT2D eigenvalue weighted by Gasteiger charge is -2.15. The van der Waals surface area contributed by atoms with Crippen LogP contribution in [0.3, 0.4) is 0 Å². The van der Waals surface area contributed by atoms with Crippen LogP contribution in [0.1, 0.15) is 22.2 Å². The van der Waals surface area contributed by atoms with Gasteiger partial charge in [0.1, 0.15) is 6.04 Å². The summed E-state index contributed by atoms with van der Waals surface area (Å²) in [5.41, 5.74) is 3.73. The molecule has 1 aromatic carbocycles. The van der Waals surface area contributed by atoms with E-state index >= 15 is 0 Å². The zero-order valence-corrected chi connectivity index (χ0v) is 11.7. The summed E-state index contributed by atoms with van der Waals surface area (Å²) in [6.45, 7) is 2.50. The van der Waals surface area contributed by atoms with E-state index in [2.05, 4.69) is 10.3 Å². The van der Waals surface area contributed by atoms with E-state index < -0.39 is 6.04 Å². The molecule has 0 spiro atoms. The summed E-state index contributed by atoms with van der Waals surface area (Å²) in [6.07, 6.45) is 0. The van der Waals surface area contributed by atoms with Gasteiger partial charge in [0.15, 0.2) is 0 Å². The number of ether oxygens (including phenoxy) is 1. The number of methoxy groups -OCH3 is 1. The lowest BCUT2D eigenvalue weighted by atomic mass is 10.1. The summed E-state index contributed by atoms with van der Waals surface area (Å²) in [5.74, 6) is -0.289. The summed E-state index contributed by atoms with van der Waals surface area (Å²) in [6, 6.07) is 9.48. The Morgan fingerprint density at radius 2 is 2.16 bits per heavy atom. The van der Waals surface area contributed by atoms with Crippen LogP contribution < -0.4 is 5.32 Å². The number of thiazole rings is 1. The van der Waals surface area contributed by atoms with Gasteiger partial charge in [-0.1, -0.05) is 30.3 Å². The molecule has 2 aromatic rings. The Labute approximate surface area is 116 Å². The largest absolute Gasteiger partial charge is 0.468 e. The number of hydrogen-bond donors (Lipinski definition) is 1. The molecule has 19 heavy (non-hydrogen) atoms. The van der Waals surface area contributed by atoms with Crippen molar-refractivity contribution in [1.29, 1.82) is 0 Å². The Morgan fingerprint density at radius 1 is 1.42 bits per heavy atom. The molecule has 0 fully saturated rings. The van der Waals surface area contributed by atoms with Gasteiger partial charge in [-0.05, 0) is 12.5 Å². The molecule has 1 unspecified atom stereocenters. The molecule has 1 aromatic heterocycles. The molecule has 2 rings (SSSR count). The third-order valence-corrected chi connectivity index (χ3v) is 3.83. The minimum Gasteiger partial charge on any atom is -0.468 e. The maximum absolute atomic E-state index is 11.9. The first-order chi connectivity index (χ1) is 9.22. The summed E-state index contributed by atoms with van der Waals surface area (Å²) in [4.78, 5) is 17.0. The Bertz CT molecular complexity index is 539. The average molecular weight is 276 g/mol. The normalized spacial score (nSPS) is 12.1. The van der Waals surface area contributed by atoms with Crippen molar-refractivity contribution in [2.45, 2.75) is 19.5 Å². The fraction of sp³-hybridized carbons (Fsp3) is 0.286. The molecule has 0 saturated carbocycles. The molecule has 4 nitrogen and oxygen atoms in total. The maximum atomic E-state index is 11.9. The minimum absolute atomic E-state index is 0.289. The molecular weight excluding hydrogens is 260 g/mol. The van der Waals surface area contributed by atoms with Crippen LogP contribution in [0.4, 0.5) is 0 Å². The van der Waals surface area contributed by atoms with Crippen LogP contribution in [-0.4, -0.2) is 18.1 Å². The first kappa shape index (κ1) is 13.7. The molecule has 5 heteroatoms. The van der Waals surface area contributed by atoms with Gasteiger partial charge >= 0.3 is 5.97 Å². The van der Waals surface area contributed by atoms with Crippen molar-refractivity contribution in [3.8, 4) is 0 Å². The third kappa shape index (κ3) is 3.39. The highest BCUT2D eigenvalue weighted by molar-refractivity contribution is 7.10. The Morgan fingerprint density at radius 3 is 2.74 bits per heavy atom. The van der Waals surface area contributed by atoms with Crippen molar-refractivity contribution in [2.75, 3.05) is 7.11 Å². The van der Waals surface area contributed by atoms with Gasteiger partial charge < -0.3 is 4.74 Å². The van der Waals surface area contributed by atoms with E-state index in [1.807, 2.05) is 37.3 Å². The van der Waals surface area contributed by atoms with Gasteiger partial charge in [0.2, 0.25) is 0 Å². The van der Waals surface area contributed by atoms with Crippen molar-refractivity contribution in [1.82, 2.24) is 10.3 Å². The van der Waals surface area contributed by atoms with Crippen molar-refractivity contribution in [3.63, 3.8) is 0 Å². The number of carbonyl (C=O) groups excluding carboxylic acids is 1. The molecule has 0 amide bonds. The highest BCUT2D eigenvalue weighted by atomic mass is 32.1. The summed E-state index contributed by atoms with van der Waals surface area (Å²) < 4.78 is 4.86. The van der Waals surface area contributed by atoms with Crippen LogP contribution in [0, 0.1) is 6.92 Å². The second-order valence-corrected chi connectivity index (χ2v) is 5.01. The molecule has 0 bridgehead atoms. The van der Waals surface area contributed by atoms with Crippen LogP contribution in [-0.2, 0) is 16.1 Å². The summed E-state index contributed by atoms with van der Waals surface area (Å²) in [5, 5.41) is 3.23. The van der Waals surface area contributed by atoms with Crippen LogP contribution >= 0.6 is 11.3 Å². The van der Waals surface area contributed by atoms with E-state index in [0.717, 1.165) is 16.1 Å². The van der Waals surface area contributed by atoms with Crippen LogP contribution in [0.15, 0.2) is 35.8 Å².